The Hall–Kier alpha value is -1.95. The maximum atomic E-state index is 4.22. The van der Waals surface area contributed by atoms with Gasteiger partial charge in [-0.3, -0.25) is 4.68 Å². The van der Waals surface area contributed by atoms with Crippen molar-refractivity contribution in [3.05, 3.63) is 36.3 Å². The molecule has 1 saturated heterocycles. The number of rotatable bonds is 5. The maximum absolute atomic E-state index is 4.22. The summed E-state index contributed by atoms with van der Waals surface area (Å²) in [6.45, 7) is 2.89. The van der Waals surface area contributed by atoms with Crippen molar-refractivity contribution in [2.75, 3.05) is 18.0 Å². The molecule has 3 rings (SSSR count). The molecule has 0 unspecified atom stereocenters. The lowest BCUT2D eigenvalue weighted by Gasteiger charge is -2.25. The topological polar surface area (TPSA) is 58.9 Å². The van der Waals surface area contributed by atoms with Gasteiger partial charge in [-0.15, -0.1) is 5.10 Å². The van der Waals surface area contributed by atoms with Gasteiger partial charge in [0.05, 0.1) is 6.20 Å². The zero-order valence-electron chi connectivity index (χ0n) is 11.7. The van der Waals surface area contributed by atoms with Crippen LogP contribution in [0.5, 0.6) is 0 Å². The number of hydrogen-bond acceptors (Lipinski definition) is 5. The summed E-state index contributed by atoms with van der Waals surface area (Å²) in [6.07, 6.45) is 8.09. The summed E-state index contributed by atoms with van der Waals surface area (Å²) in [4.78, 5) is 2.35. The third kappa shape index (κ3) is 2.96. The fourth-order valence-electron chi connectivity index (χ4n) is 2.74. The van der Waals surface area contributed by atoms with Crippen LogP contribution in [0.15, 0.2) is 30.7 Å². The van der Waals surface area contributed by atoms with E-state index >= 15 is 0 Å². The van der Waals surface area contributed by atoms with Gasteiger partial charge in [-0.05, 0) is 25.0 Å². The van der Waals surface area contributed by atoms with Gasteiger partial charge in [-0.25, -0.2) is 0 Å². The summed E-state index contributed by atoms with van der Waals surface area (Å²) in [5, 5.41) is 15.9. The van der Waals surface area contributed by atoms with Gasteiger partial charge in [-0.1, -0.05) is 0 Å². The molecule has 1 fully saturated rings. The zero-order valence-corrected chi connectivity index (χ0v) is 11.7. The van der Waals surface area contributed by atoms with Crippen LogP contribution in [0, 0.1) is 0 Å². The molecule has 3 heterocycles. The number of nitrogens with zero attached hydrogens (tertiary/aromatic N) is 5. The van der Waals surface area contributed by atoms with Crippen molar-refractivity contribution in [1.82, 2.24) is 25.3 Å². The van der Waals surface area contributed by atoms with Crippen LogP contribution in [-0.2, 0) is 13.6 Å². The van der Waals surface area contributed by atoms with Gasteiger partial charge in [0.15, 0.2) is 5.82 Å². The summed E-state index contributed by atoms with van der Waals surface area (Å²) >= 11 is 0. The van der Waals surface area contributed by atoms with E-state index in [1.165, 1.54) is 18.4 Å². The van der Waals surface area contributed by atoms with Crippen LogP contribution in [0.4, 0.5) is 5.82 Å². The molecule has 0 amide bonds. The summed E-state index contributed by atoms with van der Waals surface area (Å²) in [5.41, 5.74) is 1.22. The highest BCUT2D eigenvalue weighted by molar-refractivity contribution is 5.39. The third-order valence-electron chi connectivity index (χ3n) is 3.70. The molecule has 0 aromatic carbocycles. The van der Waals surface area contributed by atoms with E-state index in [1.807, 2.05) is 36.3 Å². The Morgan fingerprint density at radius 1 is 1.45 bits per heavy atom. The van der Waals surface area contributed by atoms with Gasteiger partial charge in [-0.2, -0.15) is 10.2 Å². The van der Waals surface area contributed by atoms with Crippen LogP contribution in [0.3, 0.4) is 0 Å². The van der Waals surface area contributed by atoms with E-state index in [2.05, 4.69) is 25.5 Å². The van der Waals surface area contributed by atoms with Gasteiger partial charge in [0.2, 0.25) is 0 Å². The zero-order chi connectivity index (χ0) is 13.8. The fraction of sp³-hybridized carbons (Fsp3) is 0.500. The van der Waals surface area contributed by atoms with E-state index in [0.717, 1.165) is 25.5 Å². The SMILES string of the molecule is Cn1cc(CNC[C@H]2CCCN2c2cccnn2)cn1. The molecule has 6 nitrogen and oxygen atoms in total. The van der Waals surface area contributed by atoms with Crippen molar-refractivity contribution in [2.24, 2.45) is 7.05 Å². The standard InChI is InChI=1S/C14H20N6/c1-19-11-12(9-17-19)8-15-10-13-4-3-7-20(13)14-5-2-6-16-18-14/h2,5-6,9,11,13,15H,3-4,7-8,10H2,1H3/t13-/m1/s1. The Labute approximate surface area is 118 Å². The van der Waals surface area contributed by atoms with Crippen molar-refractivity contribution in [1.29, 1.82) is 0 Å². The van der Waals surface area contributed by atoms with Crippen LogP contribution in [0.25, 0.3) is 0 Å². The minimum Gasteiger partial charge on any atom is -0.351 e. The molecular weight excluding hydrogens is 252 g/mol. The van der Waals surface area contributed by atoms with Crippen molar-refractivity contribution in [3.63, 3.8) is 0 Å². The quantitative estimate of drug-likeness (QED) is 0.879. The monoisotopic (exact) mass is 272 g/mol. The fourth-order valence-corrected chi connectivity index (χ4v) is 2.74. The molecule has 1 N–H and O–H groups in total. The minimum absolute atomic E-state index is 0.503. The molecule has 0 aliphatic carbocycles. The average molecular weight is 272 g/mol. The smallest absolute Gasteiger partial charge is 0.151 e. The van der Waals surface area contributed by atoms with Gasteiger partial charge >= 0.3 is 0 Å². The highest BCUT2D eigenvalue weighted by Crippen LogP contribution is 2.22. The number of aromatic nitrogens is 4. The number of aryl methyl sites for hydroxylation is 1. The Morgan fingerprint density at radius 3 is 3.15 bits per heavy atom. The molecule has 1 aliphatic rings. The third-order valence-corrected chi connectivity index (χ3v) is 3.70. The van der Waals surface area contributed by atoms with Crippen molar-refractivity contribution in [3.8, 4) is 0 Å². The van der Waals surface area contributed by atoms with Crippen LogP contribution in [0.1, 0.15) is 18.4 Å². The molecule has 106 valence electrons. The summed E-state index contributed by atoms with van der Waals surface area (Å²) in [6, 6.07) is 4.48. The lowest BCUT2D eigenvalue weighted by atomic mass is 10.2. The van der Waals surface area contributed by atoms with Gasteiger partial charge in [0.1, 0.15) is 0 Å². The second kappa shape index (κ2) is 6.00. The van der Waals surface area contributed by atoms with Crippen LogP contribution >= 0.6 is 0 Å². The number of anilines is 1. The van der Waals surface area contributed by atoms with E-state index in [4.69, 9.17) is 0 Å². The first-order valence-electron chi connectivity index (χ1n) is 7.05. The van der Waals surface area contributed by atoms with Crippen molar-refractivity contribution < 1.29 is 0 Å². The van der Waals surface area contributed by atoms with E-state index in [9.17, 15) is 0 Å². The number of hydrogen-bond donors (Lipinski definition) is 1. The molecular formula is C14H20N6. The molecule has 20 heavy (non-hydrogen) atoms. The first kappa shape index (κ1) is 13.1. The normalized spacial score (nSPS) is 18.6. The van der Waals surface area contributed by atoms with Crippen molar-refractivity contribution in [2.45, 2.75) is 25.4 Å². The predicted octanol–water partition coefficient (Wildman–Crippen LogP) is 0.969. The predicted molar refractivity (Wildman–Crippen MR) is 77.3 cm³/mol. The van der Waals surface area contributed by atoms with Crippen LogP contribution < -0.4 is 10.2 Å². The van der Waals surface area contributed by atoms with E-state index in [-0.39, 0.29) is 0 Å². The summed E-state index contributed by atoms with van der Waals surface area (Å²) in [5.74, 6) is 0.984. The molecule has 6 heteroatoms. The van der Waals surface area contributed by atoms with Crippen molar-refractivity contribution >= 4 is 5.82 Å². The second-order valence-corrected chi connectivity index (χ2v) is 5.22. The Bertz CT molecular complexity index is 538. The van der Waals surface area contributed by atoms with E-state index in [0.29, 0.717) is 6.04 Å². The van der Waals surface area contributed by atoms with Gasteiger partial charge in [0.25, 0.3) is 0 Å². The highest BCUT2D eigenvalue weighted by Gasteiger charge is 2.25. The molecule has 1 atom stereocenters. The van der Waals surface area contributed by atoms with Gasteiger partial charge < -0.3 is 10.2 Å². The lowest BCUT2D eigenvalue weighted by molar-refractivity contribution is 0.569. The molecule has 0 radical (unpaired) electrons. The van der Waals surface area contributed by atoms with Crippen LogP contribution in [0.2, 0.25) is 0 Å². The average Bonchev–Trinajstić information content (AvgIpc) is 3.09. The molecule has 2 aromatic rings. The molecule has 2 aromatic heterocycles. The molecule has 0 bridgehead atoms. The molecule has 0 spiro atoms. The maximum Gasteiger partial charge on any atom is 0.151 e. The molecule has 1 aliphatic heterocycles. The summed E-state index contributed by atoms with van der Waals surface area (Å²) in [7, 11) is 1.94. The first-order valence-corrected chi connectivity index (χ1v) is 7.05. The van der Waals surface area contributed by atoms with E-state index in [1.54, 1.807) is 6.20 Å². The van der Waals surface area contributed by atoms with Gasteiger partial charge in [0, 0.05) is 50.7 Å². The Morgan fingerprint density at radius 2 is 2.40 bits per heavy atom. The first-order chi connectivity index (χ1) is 9.83. The Kier molecular flexibility index (Phi) is 3.92. The largest absolute Gasteiger partial charge is 0.351 e. The second-order valence-electron chi connectivity index (χ2n) is 5.22. The number of nitrogens with one attached hydrogen (secondary N) is 1. The Balaban J connectivity index is 1.54. The lowest BCUT2D eigenvalue weighted by Crippen LogP contribution is -2.38. The van der Waals surface area contributed by atoms with Crippen LogP contribution in [-0.4, -0.2) is 39.1 Å². The highest BCUT2D eigenvalue weighted by atomic mass is 15.3. The minimum atomic E-state index is 0.503. The molecule has 0 saturated carbocycles. The van der Waals surface area contributed by atoms with E-state index < -0.39 is 0 Å². The summed E-state index contributed by atoms with van der Waals surface area (Å²) < 4.78 is 1.83.